The van der Waals surface area contributed by atoms with E-state index in [1.165, 1.54) is 5.69 Å². The van der Waals surface area contributed by atoms with Crippen LogP contribution in [0.1, 0.15) is 0 Å². The van der Waals surface area contributed by atoms with E-state index in [9.17, 15) is 4.79 Å². The molecule has 1 aromatic carbocycles. The highest BCUT2D eigenvalue weighted by Gasteiger charge is 2.21. The molecule has 158 valence electrons. The van der Waals surface area contributed by atoms with Crippen molar-refractivity contribution in [3.63, 3.8) is 0 Å². The number of aromatic nitrogens is 4. The molecule has 32 heavy (non-hydrogen) atoms. The van der Waals surface area contributed by atoms with Gasteiger partial charge in [0.1, 0.15) is 5.82 Å². The van der Waals surface area contributed by atoms with E-state index in [4.69, 9.17) is 4.98 Å². The maximum atomic E-state index is 12.6. The number of hydrogen-bond acceptors (Lipinski definition) is 5. The van der Waals surface area contributed by atoms with Gasteiger partial charge in [-0.2, -0.15) is 0 Å². The molecule has 0 saturated carbocycles. The SMILES string of the molecule is O=c1[nH]c2cccccc-2c1-c1nc2ccc(N3CCN(c4cccnc4)CC3)cc2[nH]1. The van der Waals surface area contributed by atoms with Gasteiger partial charge in [-0.05, 0) is 36.4 Å². The van der Waals surface area contributed by atoms with Crippen molar-refractivity contribution < 1.29 is 0 Å². The van der Waals surface area contributed by atoms with Gasteiger partial charge in [0, 0.05) is 49.3 Å². The minimum absolute atomic E-state index is 0.128. The Bertz CT molecular complexity index is 1420. The van der Waals surface area contributed by atoms with Crippen molar-refractivity contribution in [1.82, 2.24) is 19.9 Å². The van der Waals surface area contributed by atoms with Crippen LogP contribution >= 0.6 is 0 Å². The Hall–Kier alpha value is -4.13. The molecule has 0 bridgehead atoms. The first-order valence-corrected chi connectivity index (χ1v) is 10.8. The number of piperazine rings is 1. The van der Waals surface area contributed by atoms with Gasteiger partial charge >= 0.3 is 0 Å². The highest BCUT2D eigenvalue weighted by molar-refractivity contribution is 5.87. The Morgan fingerprint density at radius 1 is 0.812 bits per heavy atom. The lowest BCUT2D eigenvalue weighted by molar-refractivity contribution is 0.653. The zero-order valence-corrected chi connectivity index (χ0v) is 17.5. The number of hydrogen-bond donors (Lipinski definition) is 2. The third kappa shape index (κ3) is 3.19. The molecule has 6 rings (SSSR count). The van der Waals surface area contributed by atoms with Gasteiger partial charge in [0.25, 0.3) is 5.56 Å². The number of nitrogens with zero attached hydrogens (tertiary/aromatic N) is 4. The number of nitrogens with one attached hydrogen (secondary N) is 2. The van der Waals surface area contributed by atoms with Crippen molar-refractivity contribution >= 4 is 22.4 Å². The third-order valence-electron chi connectivity index (χ3n) is 6.14. The zero-order valence-electron chi connectivity index (χ0n) is 17.5. The van der Waals surface area contributed by atoms with Crippen LogP contribution in [-0.2, 0) is 0 Å². The highest BCUT2D eigenvalue weighted by atomic mass is 16.1. The molecule has 0 amide bonds. The normalized spacial score (nSPS) is 14.4. The standard InChI is InChI=1S/C25H22N6O/c32-25-23(19-6-2-1-3-7-20(19)29-25)24-27-21-9-8-17(15-22(21)28-24)30-11-13-31(14-12-30)18-5-4-10-26-16-18/h1-10,15-16H,11-14H2,(H,27,28)(H,29,32). The number of rotatable bonds is 3. The van der Waals surface area contributed by atoms with E-state index < -0.39 is 0 Å². The Labute approximate surface area is 184 Å². The van der Waals surface area contributed by atoms with Crippen LogP contribution in [0.25, 0.3) is 33.7 Å². The Morgan fingerprint density at radius 2 is 1.62 bits per heavy atom. The summed E-state index contributed by atoms with van der Waals surface area (Å²) in [7, 11) is 0. The molecule has 4 heterocycles. The van der Waals surface area contributed by atoms with Crippen molar-refractivity contribution in [2.24, 2.45) is 0 Å². The van der Waals surface area contributed by atoms with Crippen LogP contribution in [0.3, 0.4) is 0 Å². The quantitative estimate of drug-likeness (QED) is 0.463. The lowest BCUT2D eigenvalue weighted by Crippen LogP contribution is -2.46. The number of imidazole rings is 1. The summed E-state index contributed by atoms with van der Waals surface area (Å²) in [5.41, 5.74) is 6.24. The summed E-state index contributed by atoms with van der Waals surface area (Å²) < 4.78 is 0. The van der Waals surface area contributed by atoms with E-state index in [2.05, 4.69) is 43.0 Å². The van der Waals surface area contributed by atoms with Crippen molar-refractivity contribution in [3.8, 4) is 22.6 Å². The number of aromatic amines is 2. The van der Waals surface area contributed by atoms with Crippen molar-refractivity contribution in [1.29, 1.82) is 0 Å². The molecule has 0 radical (unpaired) electrons. The lowest BCUT2D eigenvalue weighted by Gasteiger charge is -2.37. The highest BCUT2D eigenvalue weighted by Crippen LogP contribution is 2.30. The molecule has 0 unspecified atom stereocenters. The van der Waals surface area contributed by atoms with Crippen LogP contribution in [0.4, 0.5) is 11.4 Å². The van der Waals surface area contributed by atoms with Crippen molar-refractivity contribution in [2.45, 2.75) is 0 Å². The number of anilines is 2. The molecule has 7 heteroatoms. The van der Waals surface area contributed by atoms with Gasteiger partial charge in [-0.3, -0.25) is 9.78 Å². The fourth-order valence-corrected chi connectivity index (χ4v) is 4.49. The zero-order chi connectivity index (χ0) is 21.5. The van der Waals surface area contributed by atoms with Crippen molar-refractivity contribution in [2.75, 3.05) is 36.0 Å². The summed E-state index contributed by atoms with van der Waals surface area (Å²) in [5.74, 6) is 0.598. The first-order valence-electron chi connectivity index (χ1n) is 10.8. The summed E-state index contributed by atoms with van der Waals surface area (Å²) in [6.07, 6.45) is 3.72. The van der Waals surface area contributed by atoms with Crippen LogP contribution < -0.4 is 15.4 Å². The molecule has 1 aliphatic carbocycles. The molecule has 3 aromatic rings. The van der Waals surface area contributed by atoms with E-state index in [1.54, 1.807) is 6.20 Å². The molecule has 2 aliphatic heterocycles. The summed E-state index contributed by atoms with van der Waals surface area (Å²) in [5, 5.41) is 0. The molecule has 2 aromatic heterocycles. The Kier molecular flexibility index (Phi) is 4.38. The number of H-pyrrole nitrogens is 2. The minimum Gasteiger partial charge on any atom is -0.368 e. The predicted octanol–water partition coefficient (Wildman–Crippen LogP) is 3.74. The fraction of sp³-hybridized carbons (Fsp3) is 0.160. The van der Waals surface area contributed by atoms with Crippen molar-refractivity contribution in [3.05, 3.63) is 83.4 Å². The molecular weight excluding hydrogens is 400 g/mol. The topological polar surface area (TPSA) is 80.9 Å². The van der Waals surface area contributed by atoms with Gasteiger partial charge in [0.05, 0.1) is 28.5 Å². The molecule has 1 fully saturated rings. The van der Waals surface area contributed by atoms with Gasteiger partial charge in [0.15, 0.2) is 0 Å². The van der Waals surface area contributed by atoms with Crippen LogP contribution in [0, 0.1) is 0 Å². The summed E-state index contributed by atoms with van der Waals surface area (Å²) in [6.45, 7) is 3.77. The predicted molar refractivity (Wildman–Crippen MR) is 127 cm³/mol. The first-order chi connectivity index (χ1) is 15.8. The first kappa shape index (κ1) is 18.6. The Balaban J connectivity index is 1.28. The van der Waals surface area contributed by atoms with E-state index >= 15 is 0 Å². The number of benzene rings is 1. The Morgan fingerprint density at radius 3 is 2.44 bits per heavy atom. The second-order valence-corrected chi connectivity index (χ2v) is 8.04. The maximum absolute atomic E-state index is 12.6. The van der Waals surface area contributed by atoms with E-state index in [0.29, 0.717) is 11.4 Å². The maximum Gasteiger partial charge on any atom is 0.260 e. The summed E-state index contributed by atoms with van der Waals surface area (Å²) in [6, 6.07) is 20.0. The molecule has 3 aliphatic rings. The van der Waals surface area contributed by atoms with Crippen LogP contribution in [-0.4, -0.2) is 46.1 Å². The van der Waals surface area contributed by atoms with Gasteiger partial charge in [-0.1, -0.05) is 24.3 Å². The molecule has 1 saturated heterocycles. The lowest BCUT2D eigenvalue weighted by atomic mass is 10.1. The van der Waals surface area contributed by atoms with Gasteiger partial charge in [-0.25, -0.2) is 4.98 Å². The fourth-order valence-electron chi connectivity index (χ4n) is 4.49. The van der Waals surface area contributed by atoms with Crippen LogP contribution in [0.2, 0.25) is 0 Å². The monoisotopic (exact) mass is 422 g/mol. The summed E-state index contributed by atoms with van der Waals surface area (Å²) in [4.78, 5) is 32.7. The molecule has 7 nitrogen and oxygen atoms in total. The number of pyridine rings is 1. The van der Waals surface area contributed by atoms with Gasteiger partial charge in [0.2, 0.25) is 0 Å². The molecule has 2 N–H and O–H groups in total. The van der Waals surface area contributed by atoms with Gasteiger partial charge < -0.3 is 19.8 Å². The molecule has 0 atom stereocenters. The smallest absolute Gasteiger partial charge is 0.260 e. The summed E-state index contributed by atoms with van der Waals surface area (Å²) >= 11 is 0. The van der Waals surface area contributed by atoms with E-state index in [0.717, 1.165) is 54.2 Å². The van der Waals surface area contributed by atoms with Crippen LogP contribution in [0.5, 0.6) is 0 Å². The second-order valence-electron chi connectivity index (χ2n) is 8.04. The van der Waals surface area contributed by atoms with E-state index in [-0.39, 0.29) is 5.56 Å². The minimum atomic E-state index is -0.128. The third-order valence-corrected chi connectivity index (χ3v) is 6.14. The molecule has 0 spiro atoms. The average Bonchev–Trinajstić information content (AvgIpc) is 3.30. The largest absolute Gasteiger partial charge is 0.368 e. The average molecular weight is 422 g/mol. The molecular formula is C25H22N6O. The van der Waals surface area contributed by atoms with Gasteiger partial charge in [-0.15, -0.1) is 0 Å². The number of fused-ring (bicyclic) bond motifs is 2. The second kappa shape index (κ2) is 7.53. The van der Waals surface area contributed by atoms with E-state index in [1.807, 2.05) is 48.7 Å². The van der Waals surface area contributed by atoms with Crippen LogP contribution in [0.15, 0.2) is 77.9 Å².